The van der Waals surface area contributed by atoms with Crippen LogP contribution in [0.2, 0.25) is 0 Å². The van der Waals surface area contributed by atoms with Crippen LogP contribution in [-0.2, 0) is 13.0 Å². The average molecular weight is 375 g/mol. The molecule has 4 rings (SSSR count). The maximum atomic E-state index is 13.1. The second-order valence-electron chi connectivity index (χ2n) is 7.01. The van der Waals surface area contributed by atoms with E-state index >= 15 is 0 Å². The molecule has 1 aromatic heterocycles. The number of carbonyl (C=O) groups excluding carboxylic acids is 1. The van der Waals surface area contributed by atoms with Crippen molar-refractivity contribution in [3.8, 4) is 0 Å². The molecule has 0 fully saturated rings. The first-order valence-electron chi connectivity index (χ1n) is 9.45. The van der Waals surface area contributed by atoms with Crippen molar-refractivity contribution in [3.05, 3.63) is 101 Å². The van der Waals surface area contributed by atoms with Crippen molar-refractivity contribution < 1.29 is 9.18 Å². The van der Waals surface area contributed by atoms with Crippen LogP contribution in [0, 0.1) is 5.82 Å². The summed E-state index contributed by atoms with van der Waals surface area (Å²) in [5.41, 5.74) is 4.24. The summed E-state index contributed by atoms with van der Waals surface area (Å²) < 4.78 is 13.1. The molecule has 4 nitrogen and oxygen atoms in total. The quantitative estimate of drug-likeness (QED) is 0.739. The SMILES string of the molecule is O=C(NCC(c1cccnc1)N1CCc2ccccc2C1)c1ccc(F)cc1. The molecule has 5 heteroatoms. The van der Waals surface area contributed by atoms with Gasteiger partial charge in [0.2, 0.25) is 0 Å². The zero-order valence-electron chi connectivity index (χ0n) is 15.5. The number of nitrogens with zero attached hydrogens (tertiary/aromatic N) is 2. The normalized spacial score (nSPS) is 14.9. The highest BCUT2D eigenvalue weighted by Crippen LogP contribution is 2.27. The molecule has 0 saturated carbocycles. The van der Waals surface area contributed by atoms with E-state index in [9.17, 15) is 9.18 Å². The number of aromatic nitrogens is 1. The van der Waals surface area contributed by atoms with Crippen molar-refractivity contribution in [2.24, 2.45) is 0 Å². The van der Waals surface area contributed by atoms with Crippen molar-refractivity contribution in [1.29, 1.82) is 0 Å². The zero-order chi connectivity index (χ0) is 19.3. The van der Waals surface area contributed by atoms with Gasteiger partial charge in [-0.05, 0) is 53.4 Å². The molecule has 0 radical (unpaired) electrons. The number of nitrogens with one attached hydrogen (secondary N) is 1. The fourth-order valence-electron chi connectivity index (χ4n) is 3.71. The van der Waals surface area contributed by atoms with Gasteiger partial charge in [-0.3, -0.25) is 14.7 Å². The molecule has 2 aromatic carbocycles. The predicted octanol–water partition coefficient (Wildman–Crippen LogP) is 3.75. The van der Waals surface area contributed by atoms with E-state index in [0.717, 1.165) is 25.1 Å². The van der Waals surface area contributed by atoms with Crippen LogP contribution in [0.1, 0.15) is 33.1 Å². The molecule has 1 atom stereocenters. The maximum absolute atomic E-state index is 13.1. The zero-order valence-corrected chi connectivity index (χ0v) is 15.5. The van der Waals surface area contributed by atoms with E-state index in [1.807, 2.05) is 18.3 Å². The van der Waals surface area contributed by atoms with Crippen LogP contribution < -0.4 is 5.32 Å². The largest absolute Gasteiger partial charge is 0.350 e. The van der Waals surface area contributed by atoms with E-state index in [2.05, 4.69) is 39.5 Å². The Bertz CT molecular complexity index is 944. The van der Waals surface area contributed by atoms with Crippen molar-refractivity contribution in [1.82, 2.24) is 15.2 Å². The van der Waals surface area contributed by atoms with Gasteiger partial charge in [-0.15, -0.1) is 0 Å². The van der Waals surface area contributed by atoms with Gasteiger partial charge in [0.05, 0.1) is 6.04 Å². The molecular weight excluding hydrogens is 353 g/mol. The third-order valence-corrected chi connectivity index (χ3v) is 5.23. The fourth-order valence-corrected chi connectivity index (χ4v) is 3.71. The highest BCUT2D eigenvalue weighted by Gasteiger charge is 2.25. The van der Waals surface area contributed by atoms with Crippen molar-refractivity contribution >= 4 is 5.91 Å². The lowest BCUT2D eigenvalue weighted by atomic mass is 9.97. The number of hydrogen-bond donors (Lipinski definition) is 1. The summed E-state index contributed by atoms with van der Waals surface area (Å²) in [5.74, 6) is -0.553. The summed E-state index contributed by atoms with van der Waals surface area (Å²) in [5, 5.41) is 3.01. The molecular formula is C23H22FN3O. The van der Waals surface area contributed by atoms with Crippen molar-refractivity contribution in [2.75, 3.05) is 13.1 Å². The van der Waals surface area contributed by atoms with Gasteiger partial charge >= 0.3 is 0 Å². The number of hydrogen-bond acceptors (Lipinski definition) is 3. The first-order valence-corrected chi connectivity index (χ1v) is 9.45. The standard InChI is InChI=1S/C23H22FN3O/c24-21-9-7-18(8-10-21)23(28)26-15-22(19-6-3-12-25-14-19)27-13-11-17-4-1-2-5-20(17)16-27/h1-10,12,14,22H,11,13,15-16H2,(H,26,28). The number of fused-ring (bicyclic) bond motifs is 1. The van der Waals surface area contributed by atoms with Gasteiger partial charge in [0, 0.05) is 37.6 Å². The number of pyridine rings is 1. The number of rotatable bonds is 5. The van der Waals surface area contributed by atoms with Crippen LogP contribution in [0.5, 0.6) is 0 Å². The molecule has 0 aliphatic carbocycles. The Hall–Kier alpha value is -3.05. The Labute approximate surface area is 164 Å². The molecule has 1 amide bonds. The monoisotopic (exact) mass is 375 g/mol. The lowest BCUT2D eigenvalue weighted by Crippen LogP contribution is -2.40. The molecule has 1 N–H and O–H groups in total. The Kier molecular flexibility index (Phi) is 5.44. The van der Waals surface area contributed by atoms with Gasteiger partial charge in [-0.25, -0.2) is 4.39 Å². The van der Waals surface area contributed by atoms with Gasteiger partial charge in [0.15, 0.2) is 0 Å². The molecule has 0 spiro atoms. The third-order valence-electron chi connectivity index (χ3n) is 5.23. The summed E-state index contributed by atoms with van der Waals surface area (Å²) in [7, 11) is 0. The summed E-state index contributed by atoms with van der Waals surface area (Å²) in [6.45, 7) is 2.22. The molecule has 0 saturated heterocycles. The highest BCUT2D eigenvalue weighted by atomic mass is 19.1. The smallest absolute Gasteiger partial charge is 0.251 e. The van der Waals surface area contributed by atoms with Gasteiger partial charge < -0.3 is 5.32 Å². The maximum Gasteiger partial charge on any atom is 0.251 e. The van der Waals surface area contributed by atoms with E-state index < -0.39 is 0 Å². The van der Waals surface area contributed by atoms with E-state index in [1.165, 1.54) is 35.4 Å². The van der Waals surface area contributed by atoms with E-state index in [0.29, 0.717) is 12.1 Å². The Morgan fingerprint density at radius 1 is 1.07 bits per heavy atom. The minimum atomic E-state index is -0.350. The summed E-state index contributed by atoms with van der Waals surface area (Å²) in [6.07, 6.45) is 4.59. The lowest BCUT2D eigenvalue weighted by Gasteiger charge is -2.36. The van der Waals surface area contributed by atoms with E-state index in [4.69, 9.17) is 0 Å². The molecule has 2 heterocycles. The Morgan fingerprint density at radius 2 is 1.86 bits per heavy atom. The molecule has 142 valence electrons. The van der Waals surface area contributed by atoms with Crippen LogP contribution in [0.15, 0.2) is 73.1 Å². The summed E-state index contributed by atoms with van der Waals surface area (Å²) in [4.78, 5) is 19.1. The lowest BCUT2D eigenvalue weighted by molar-refractivity contribution is 0.0927. The number of carbonyl (C=O) groups is 1. The fraction of sp³-hybridized carbons (Fsp3) is 0.217. The van der Waals surface area contributed by atoms with Crippen LogP contribution >= 0.6 is 0 Å². The van der Waals surface area contributed by atoms with E-state index in [1.54, 1.807) is 6.20 Å². The average Bonchev–Trinajstić information content (AvgIpc) is 2.75. The molecule has 1 unspecified atom stereocenters. The molecule has 0 bridgehead atoms. The number of benzene rings is 2. The molecule has 28 heavy (non-hydrogen) atoms. The third kappa shape index (κ3) is 4.10. The second kappa shape index (κ2) is 8.31. The minimum Gasteiger partial charge on any atom is -0.350 e. The topological polar surface area (TPSA) is 45.2 Å². The van der Waals surface area contributed by atoms with Crippen LogP contribution in [0.3, 0.4) is 0 Å². The van der Waals surface area contributed by atoms with Gasteiger partial charge in [0.1, 0.15) is 5.82 Å². The van der Waals surface area contributed by atoms with Crippen molar-refractivity contribution in [3.63, 3.8) is 0 Å². The molecule has 3 aromatic rings. The number of amides is 1. The number of halogens is 1. The minimum absolute atomic E-state index is 0.0199. The first kappa shape index (κ1) is 18.3. The predicted molar refractivity (Wildman–Crippen MR) is 106 cm³/mol. The van der Waals surface area contributed by atoms with Crippen molar-refractivity contribution in [2.45, 2.75) is 19.0 Å². The van der Waals surface area contributed by atoms with Gasteiger partial charge in [0.25, 0.3) is 5.91 Å². The van der Waals surface area contributed by atoms with Crippen LogP contribution in [0.4, 0.5) is 4.39 Å². The summed E-state index contributed by atoms with van der Waals surface area (Å²) in [6, 6.07) is 18.1. The molecule has 1 aliphatic heterocycles. The molecule has 1 aliphatic rings. The summed E-state index contributed by atoms with van der Waals surface area (Å²) >= 11 is 0. The highest BCUT2D eigenvalue weighted by molar-refractivity contribution is 5.94. The van der Waals surface area contributed by atoms with Crippen LogP contribution in [-0.4, -0.2) is 28.9 Å². The van der Waals surface area contributed by atoms with Gasteiger partial charge in [-0.2, -0.15) is 0 Å². The first-order chi connectivity index (χ1) is 13.7. The van der Waals surface area contributed by atoms with Crippen LogP contribution in [0.25, 0.3) is 0 Å². The Morgan fingerprint density at radius 3 is 2.61 bits per heavy atom. The Balaban J connectivity index is 1.52. The second-order valence-corrected chi connectivity index (χ2v) is 7.01. The van der Waals surface area contributed by atoms with Gasteiger partial charge in [-0.1, -0.05) is 30.3 Å². The van der Waals surface area contributed by atoms with E-state index in [-0.39, 0.29) is 17.8 Å².